The summed E-state index contributed by atoms with van der Waals surface area (Å²) >= 11 is 0. The van der Waals surface area contributed by atoms with Crippen molar-refractivity contribution in [1.82, 2.24) is 0 Å². The summed E-state index contributed by atoms with van der Waals surface area (Å²) in [6.45, 7) is 5.34. The summed E-state index contributed by atoms with van der Waals surface area (Å²) in [6.07, 6.45) is 8.00. The van der Waals surface area contributed by atoms with E-state index >= 15 is 4.39 Å². The van der Waals surface area contributed by atoms with Crippen LogP contribution < -0.4 is 4.74 Å². The van der Waals surface area contributed by atoms with Crippen LogP contribution >= 0.6 is 0 Å². The van der Waals surface area contributed by atoms with Gasteiger partial charge in [0, 0.05) is 11.1 Å². The van der Waals surface area contributed by atoms with Crippen molar-refractivity contribution in [3.8, 4) is 28.0 Å². The van der Waals surface area contributed by atoms with Gasteiger partial charge in [0.25, 0.3) is 0 Å². The van der Waals surface area contributed by atoms with Crippen molar-refractivity contribution in [3.05, 3.63) is 77.6 Å². The lowest BCUT2D eigenvalue weighted by Crippen LogP contribution is -2.21. The van der Waals surface area contributed by atoms with Crippen LogP contribution in [0.25, 0.3) is 22.3 Å². The van der Waals surface area contributed by atoms with E-state index in [9.17, 15) is 8.78 Å². The lowest BCUT2D eigenvalue weighted by Gasteiger charge is -2.29. The SMILES string of the molecule is CCCCCCOc1ccc(-c2ccc(-c3ccc(C4CCC(CCC)CO4)c(F)c3)cc2)c(F)c1F. The molecule has 0 N–H and O–H groups in total. The minimum absolute atomic E-state index is 0.0623. The predicted molar refractivity (Wildman–Crippen MR) is 143 cm³/mol. The van der Waals surface area contributed by atoms with Crippen molar-refractivity contribution in [2.24, 2.45) is 5.92 Å². The number of benzene rings is 3. The number of ether oxygens (including phenoxy) is 2. The average molecular weight is 511 g/mol. The summed E-state index contributed by atoms with van der Waals surface area (Å²) < 4.78 is 55.9. The molecule has 198 valence electrons. The molecule has 1 saturated heterocycles. The van der Waals surface area contributed by atoms with E-state index in [4.69, 9.17) is 9.47 Å². The zero-order chi connectivity index (χ0) is 26.2. The Hall–Kier alpha value is -2.79. The minimum Gasteiger partial charge on any atom is -0.490 e. The fourth-order valence-electron chi connectivity index (χ4n) is 5.07. The van der Waals surface area contributed by atoms with Gasteiger partial charge in [-0.25, -0.2) is 8.78 Å². The summed E-state index contributed by atoms with van der Waals surface area (Å²) in [5.41, 5.74) is 2.84. The second-order valence-corrected chi connectivity index (χ2v) is 10.0. The van der Waals surface area contributed by atoms with Gasteiger partial charge in [-0.15, -0.1) is 0 Å². The van der Waals surface area contributed by atoms with Crippen LogP contribution in [0.2, 0.25) is 0 Å². The van der Waals surface area contributed by atoms with E-state index in [0.717, 1.165) is 62.5 Å². The first-order valence-corrected chi connectivity index (χ1v) is 13.6. The van der Waals surface area contributed by atoms with E-state index in [1.165, 1.54) is 12.1 Å². The monoisotopic (exact) mass is 510 g/mol. The number of hydrogen-bond donors (Lipinski definition) is 0. The van der Waals surface area contributed by atoms with Crippen LogP contribution in [-0.2, 0) is 4.74 Å². The smallest absolute Gasteiger partial charge is 0.201 e. The van der Waals surface area contributed by atoms with Crippen molar-refractivity contribution in [1.29, 1.82) is 0 Å². The number of rotatable bonds is 11. The van der Waals surface area contributed by atoms with E-state index in [1.807, 2.05) is 6.07 Å². The standard InChI is InChI=1S/C32H37F3O2/c1-3-5-6-7-19-36-30-18-16-26(31(34)32(30)35)24-12-10-23(11-13-24)25-14-15-27(28(33)20-25)29-17-9-22(8-4-2)21-37-29/h10-16,18,20,22,29H,3-9,17,19,21H2,1-2H3. The highest BCUT2D eigenvalue weighted by molar-refractivity contribution is 5.71. The molecular weight excluding hydrogens is 473 g/mol. The van der Waals surface area contributed by atoms with Gasteiger partial charge < -0.3 is 9.47 Å². The van der Waals surface area contributed by atoms with Gasteiger partial charge in [-0.05, 0) is 66.5 Å². The fourth-order valence-corrected chi connectivity index (χ4v) is 5.07. The molecule has 0 radical (unpaired) electrons. The highest BCUT2D eigenvalue weighted by Gasteiger charge is 2.25. The van der Waals surface area contributed by atoms with E-state index in [2.05, 4.69) is 13.8 Å². The Morgan fingerprint density at radius 3 is 2.22 bits per heavy atom. The fraction of sp³-hybridized carbons (Fsp3) is 0.438. The molecule has 37 heavy (non-hydrogen) atoms. The van der Waals surface area contributed by atoms with E-state index in [0.29, 0.717) is 30.3 Å². The summed E-state index contributed by atoms with van der Waals surface area (Å²) in [5, 5.41) is 0. The summed E-state index contributed by atoms with van der Waals surface area (Å²) in [6, 6.07) is 15.3. The van der Waals surface area contributed by atoms with Gasteiger partial charge in [0.15, 0.2) is 11.6 Å². The Kier molecular flexibility index (Phi) is 9.68. The Balaban J connectivity index is 1.43. The third-order valence-corrected chi connectivity index (χ3v) is 7.25. The first kappa shape index (κ1) is 27.3. The maximum atomic E-state index is 15.0. The topological polar surface area (TPSA) is 18.5 Å². The van der Waals surface area contributed by atoms with Crippen molar-refractivity contribution in [3.63, 3.8) is 0 Å². The molecule has 5 heteroatoms. The molecule has 0 saturated carbocycles. The quantitative estimate of drug-likeness (QED) is 0.239. The molecule has 0 spiro atoms. The third kappa shape index (κ3) is 6.75. The van der Waals surface area contributed by atoms with Crippen LogP contribution in [0.1, 0.15) is 76.9 Å². The van der Waals surface area contributed by atoms with Crippen molar-refractivity contribution >= 4 is 0 Å². The molecular formula is C32H37F3O2. The van der Waals surface area contributed by atoms with Gasteiger partial charge in [-0.2, -0.15) is 4.39 Å². The normalized spacial score (nSPS) is 17.6. The predicted octanol–water partition coefficient (Wildman–Crippen LogP) is 9.66. The van der Waals surface area contributed by atoms with Crippen LogP contribution in [-0.4, -0.2) is 13.2 Å². The Bertz CT molecular complexity index is 1150. The number of halogens is 3. The molecule has 1 aliphatic heterocycles. The Morgan fingerprint density at radius 1 is 0.784 bits per heavy atom. The van der Waals surface area contributed by atoms with E-state index in [-0.39, 0.29) is 23.2 Å². The second kappa shape index (κ2) is 13.1. The Morgan fingerprint density at radius 2 is 1.54 bits per heavy atom. The van der Waals surface area contributed by atoms with Gasteiger partial charge in [0.2, 0.25) is 5.82 Å². The molecule has 3 aromatic rings. The molecule has 0 amide bonds. The molecule has 3 aromatic carbocycles. The average Bonchev–Trinajstić information content (AvgIpc) is 2.92. The highest BCUT2D eigenvalue weighted by Crippen LogP contribution is 2.36. The lowest BCUT2D eigenvalue weighted by atomic mass is 9.91. The summed E-state index contributed by atoms with van der Waals surface area (Å²) in [4.78, 5) is 0. The molecule has 0 aliphatic carbocycles. The van der Waals surface area contributed by atoms with Crippen LogP contribution in [0.3, 0.4) is 0 Å². The maximum absolute atomic E-state index is 15.0. The molecule has 0 aromatic heterocycles. The van der Waals surface area contributed by atoms with Crippen molar-refractivity contribution in [2.75, 3.05) is 13.2 Å². The zero-order valence-electron chi connectivity index (χ0n) is 21.9. The minimum atomic E-state index is -0.972. The van der Waals surface area contributed by atoms with Gasteiger partial charge in [-0.3, -0.25) is 0 Å². The van der Waals surface area contributed by atoms with Crippen molar-refractivity contribution in [2.45, 2.75) is 71.3 Å². The van der Waals surface area contributed by atoms with Gasteiger partial charge in [0.05, 0.1) is 19.3 Å². The van der Waals surface area contributed by atoms with E-state index in [1.54, 1.807) is 36.4 Å². The van der Waals surface area contributed by atoms with Crippen LogP contribution in [0.5, 0.6) is 5.75 Å². The second-order valence-electron chi connectivity index (χ2n) is 10.0. The van der Waals surface area contributed by atoms with Crippen LogP contribution in [0.4, 0.5) is 13.2 Å². The van der Waals surface area contributed by atoms with Gasteiger partial charge in [0.1, 0.15) is 5.82 Å². The largest absolute Gasteiger partial charge is 0.490 e. The summed E-state index contributed by atoms with van der Waals surface area (Å²) in [5.74, 6) is -1.67. The van der Waals surface area contributed by atoms with Crippen LogP contribution in [0.15, 0.2) is 54.6 Å². The number of hydrogen-bond acceptors (Lipinski definition) is 2. The molecule has 1 aliphatic rings. The molecule has 2 atom stereocenters. The Labute approximate surface area is 218 Å². The third-order valence-electron chi connectivity index (χ3n) is 7.25. The van der Waals surface area contributed by atoms with E-state index < -0.39 is 11.6 Å². The van der Waals surface area contributed by atoms with Crippen molar-refractivity contribution < 1.29 is 22.6 Å². The molecule has 0 bridgehead atoms. The number of unbranched alkanes of at least 4 members (excludes halogenated alkanes) is 3. The molecule has 1 fully saturated rings. The summed E-state index contributed by atoms with van der Waals surface area (Å²) in [7, 11) is 0. The molecule has 4 rings (SSSR count). The maximum Gasteiger partial charge on any atom is 0.201 e. The van der Waals surface area contributed by atoms with Crippen LogP contribution in [0, 0.1) is 23.4 Å². The zero-order valence-corrected chi connectivity index (χ0v) is 21.9. The lowest BCUT2D eigenvalue weighted by molar-refractivity contribution is -0.0211. The van der Waals surface area contributed by atoms with Gasteiger partial charge in [-0.1, -0.05) is 75.9 Å². The van der Waals surface area contributed by atoms with Gasteiger partial charge >= 0.3 is 0 Å². The molecule has 1 heterocycles. The highest BCUT2D eigenvalue weighted by atomic mass is 19.2. The first-order chi connectivity index (χ1) is 18.0. The molecule has 2 unspecified atom stereocenters. The molecule has 2 nitrogen and oxygen atoms in total. The first-order valence-electron chi connectivity index (χ1n) is 13.6.